The lowest BCUT2D eigenvalue weighted by molar-refractivity contribution is -0.140. The number of carbonyl (C=O) groups excluding carboxylic acids is 2. The lowest BCUT2D eigenvalue weighted by Gasteiger charge is -2.26. The van der Waals surface area contributed by atoms with E-state index >= 15 is 0 Å². The molecule has 1 saturated heterocycles. The number of hydrogen-bond acceptors (Lipinski definition) is 2. The molecule has 0 spiro atoms. The third-order valence-corrected chi connectivity index (χ3v) is 3.57. The van der Waals surface area contributed by atoms with Gasteiger partial charge in [-0.2, -0.15) is 0 Å². The highest BCUT2D eigenvalue weighted by atomic mass is 35.5. The van der Waals surface area contributed by atoms with Gasteiger partial charge in [0, 0.05) is 32.1 Å². The summed E-state index contributed by atoms with van der Waals surface area (Å²) in [4.78, 5) is 27.2. The van der Waals surface area contributed by atoms with E-state index in [-0.39, 0.29) is 17.9 Å². The van der Waals surface area contributed by atoms with Crippen molar-refractivity contribution in [2.45, 2.75) is 25.4 Å². The summed E-state index contributed by atoms with van der Waals surface area (Å²) in [6, 6.07) is 7.01. The van der Waals surface area contributed by atoms with Gasteiger partial charge in [0.2, 0.25) is 11.8 Å². The fourth-order valence-corrected chi connectivity index (χ4v) is 2.40. The average Bonchev–Trinajstić information content (AvgIpc) is 2.73. The summed E-state index contributed by atoms with van der Waals surface area (Å²) >= 11 is 5.84. The molecule has 19 heavy (non-hydrogen) atoms. The minimum atomic E-state index is -0.335. The lowest BCUT2D eigenvalue weighted by Crippen LogP contribution is -2.43. The Hall–Kier alpha value is -1.55. The third-order valence-electron chi connectivity index (χ3n) is 3.32. The Kier molecular flexibility index (Phi) is 4.10. The van der Waals surface area contributed by atoms with Crippen molar-refractivity contribution in [2.24, 2.45) is 0 Å². The standard InChI is InChI=1S/C14H17ClN2O2/c1-16(2)14(19)12-7-8-13(18)17(12)9-10-3-5-11(15)6-4-10/h3-6,12H,7-9H2,1-2H3/t12-/m0/s1. The molecule has 102 valence electrons. The van der Waals surface area contributed by atoms with Crippen LogP contribution in [0.4, 0.5) is 0 Å². The lowest BCUT2D eigenvalue weighted by atomic mass is 10.1. The van der Waals surface area contributed by atoms with E-state index in [1.807, 2.05) is 12.1 Å². The number of rotatable bonds is 3. The molecule has 1 atom stereocenters. The van der Waals surface area contributed by atoms with Gasteiger partial charge in [0.25, 0.3) is 0 Å². The van der Waals surface area contributed by atoms with Gasteiger partial charge in [0.15, 0.2) is 0 Å². The van der Waals surface area contributed by atoms with Crippen LogP contribution in [0.1, 0.15) is 18.4 Å². The van der Waals surface area contributed by atoms with Gasteiger partial charge in [-0.05, 0) is 24.1 Å². The first kappa shape index (κ1) is 13.9. The number of hydrogen-bond donors (Lipinski definition) is 0. The summed E-state index contributed by atoms with van der Waals surface area (Å²) in [6.45, 7) is 0.459. The molecular weight excluding hydrogens is 264 g/mol. The first-order chi connectivity index (χ1) is 8.99. The van der Waals surface area contributed by atoms with Crippen molar-refractivity contribution >= 4 is 23.4 Å². The molecule has 2 amide bonds. The van der Waals surface area contributed by atoms with E-state index in [1.54, 1.807) is 31.1 Å². The molecule has 1 aromatic rings. The van der Waals surface area contributed by atoms with Gasteiger partial charge in [-0.3, -0.25) is 9.59 Å². The molecule has 5 heteroatoms. The number of likely N-dealkylation sites (N-methyl/N-ethyl adjacent to an activating group) is 1. The Labute approximate surface area is 117 Å². The fraction of sp³-hybridized carbons (Fsp3) is 0.429. The summed E-state index contributed by atoms with van der Waals surface area (Å²) in [6.07, 6.45) is 1.04. The van der Waals surface area contributed by atoms with E-state index in [9.17, 15) is 9.59 Å². The largest absolute Gasteiger partial charge is 0.347 e. The van der Waals surface area contributed by atoms with Crippen molar-refractivity contribution in [3.05, 3.63) is 34.9 Å². The first-order valence-electron chi connectivity index (χ1n) is 6.24. The van der Waals surface area contributed by atoms with Gasteiger partial charge in [0.1, 0.15) is 6.04 Å². The molecule has 0 bridgehead atoms. The van der Waals surface area contributed by atoms with Crippen LogP contribution in [-0.4, -0.2) is 41.8 Å². The third kappa shape index (κ3) is 3.07. The normalized spacial score (nSPS) is 18.8. The van der Waals surface area contributed by atoms with Crippen LogP contribution >= 0.6 is 11.6 Å². The van der Waals surface area contributed by atoms with Gasteiger partial charge in [-0.15, -0.1) is 0 Å². The number of amides is 2. The van der Waals surface area contributed by atoms with Crippen LogP contribution in [0.25, 0.3) is 0 Å². The van der Waals surface area contributed by atoms with Crippen molar-refractivity contribution in [2.75, 3.05) is 14.1 Å². The zero-order valence-corrected chi connectivity index (χ0v) is 11.9. The molecule has 0 radical (unpaired) electrons. The topological polar surface area (TPSA) is 40.6 Å². The summed E-state index contributed by atoms with van der Waals surface area (Å²) < 4.78 is 0. The number of likely N-dealkylation sites (tertiary alicyclic amines) is 1. The maximum Gasteiger partial charge on any atom is 0.244 e. The zero-order chi connectivity index (χ0) is 14.0. The number of benzene rings is 1. The number of nitrogens with zero attached hydrogens (tertiary/aromatic N) is 2. The van der Waals surface area contributed by atoms with Gasteiger partial charge in [-0.25, -0.2) is 0 Å². The van der Waals surface area contributed by atoms with Gasteiger partial charge >= 0.3 is 0 Å². The van der Waals surface area contributed by atoms with E-state index in [2.05, 4.69) is 0 Å². The highest BCUT2D eigenvalue weighted by Crippen LogP contribution is 2.23. The monoisotopic (exact) mass is 280 g/mol. The predicted octanol–water partition coefficient (Wildman–Crippen LogP) is 1.92. The Balaban J connectivity index is 2.14. The maximum atomic E-state index is 12.1. The fourth-order valence-electron chi connectivity index (χ4n) is 2.27. The minimum Gasteiger partial charge on any atom is -0.347 e. The smallest absolute Gasteiger partial charge is 0.244 e. The molecule has 0 aromatic heterocycles. The Morgan fingerprint density at radius 1 is 1.37 bits per heavy atom. The molecule has 1 aliphatic rings. The Morgan fingerprint density at radius 2 is 2.00 bits per heavy atom. The molecule has 1 fully saturated rings. The van der Waals surface area contributed by atoms with Crippen molar-refractivity contribution in [3.63, 3.8) is 0 Å². The van der Waals surface area contributed by atoms with Crippen molar-refractivity contribution < 1.29 is 9.59 Å². The maximum absolute atomic E-state index is 12.1. The van der Waals surface area contributed by atoms with Crippen LogP contribution < -0.4 is 0 Å². The molecule has 1 aliphatic heterocycles. The molecule has 0 N–H and O–H groups in total. The second-order valence-corrected chi connectivity index (χ2v) is 5.37. The van der Waals surface area contributed by atoms with Gasteiger partial charge < -0.3 is 9.80 Å². The first-order valence-corrected chi connectivity index (χ1v) is 6.62. The molecule has 2 rings (SSSR count). The minimum absolute atomic E-state index is 0.0141. The van der Waals surface area contributed by atoms with E-state index in [0.29, 0.717) is 24.4 Å². The molecule has 1 aromatic carbocycles. The summed E-state index contributed by atoms with van der Waals surface area (Å²) in [5.41, 5.74) is 0.983. The van der Waals surface area contributed by atoms with Crippen LogP contribution in [0.15, 0.2) is 24.3 Å². The van der Waals surface area contributed by atoms with E-state index in [1.165, 1.54) is 4.90 Å². The Bertz CT molecular complexity index is 485. The van der Waals surface area contributed by atoms with Crippen LogP contribution in [0.3, 0.4) is 0 Å². The molecule has 0 unspecified atom stereocenters. The Morgan fingerprint density at radius 3 is 2.58 bits per heavy atom. The summed E-state index contributed by atoms with van der Waals surface area (Å²) in [5.74, 6) is 0.0231. The predicted molar refractivity (Wildman–Crippen MR) is 73.7 cm³/mol. The number of carbonyl (C=O) groups is 2. The molecule has 1 heterocycles. The van der Waals surface area contributed by atoms with Crippen molar-refractivity contribution in [1.29, 1.82) is 0 Å². The molecule has 4 nitrogen and oxygen atoms in total. The SMILES string of the molecule is CN(C)C(=O)[C@@H]1CCC(=O)N1Cc1ccc(Cl)cc1. The van der Waals surface area contributed by atoms with Crippen molar-refractivity contribution in [3.8, 4) is 0 Å². The number of halogens is 1. The van der Waals surface area contributed by atoms with Crippen molar-refractivity contribution in [1.82, 2.24) is 9.80 Å². The van der Waals surface area contributed by atoms with Crippen LogP contribution in [0.5, 0.6) is 0 Å². The van der Waals surface area contributed by atoms with E-state index in [0.717, 1.165) is 5.56 Å². The zero-order valence-electron chi connectivity index (χ0n) is 11.1. The van der Waals surface area contributed by atoms with Gasteiger partial charge in [0.05, 0.1) is 0 Å². The average molecular weight is 281 g/mol. The van der Waals surface area contributed by atoms with Gasteiger partial charge in [-0.1, -0.05) is 23.7 Å². The highest BCUT2D eigenvalue weighted by Gasteiger charge is 2.36. The molecule has 0 saturated carbocycles. The summed E-state index contributed by atoms with van der Waals surface area (Å²) in [7, 11) is 3.43. The quantitative estimate of drug-likeness (QED) is 0.849. The van der Waals surface area contributed by atoms with Crippen LogP contribution in [-0.2, 0) is 16.1 Å². The molecular formula is C14H17ClN2O2. The van der Waals surface area contributed by atoms with Crippen LogP contribution in [0.2, 0.25) is 5.02 Å². The second-order valence-electron chi connectivity index (χ2n) is 4.94. The second kappa shape index (κ2) is 5.61. The summed E-state index contributed by atoms with van der Waals surface area (Å²) in [5, 5.41) is 0.664. The van der Waals surface area contributed by atoms with E-state index in [4.69, 9.17) is 11.6 Å². The van der Waals surface area contributed by atoms with E-state index < -0.39 is 0 Å². The highest BCUT2D eigenvalue weighted by molar-refractivity contribution is 6.30. The molecule has 0 aliphatic carbocycles. The van der Waals surface area contributed by atoms with Crippen LogP contribution in [0, 0.1) is 0 Å².